The van der Waals surface area contributed by atoms with Gasteiger partial charge < -0.3 is 11.5 Å². The fraction of sp³-hybridized carbons (Fsp3) is 0.552. The van der Waals surface area contributed by atoms with E-state index in [9.17, 15) is 4.79 Å². The molecule has 0 aliphatic heterocycles. The molecular formula is C29H44N2O. The Hall–Kier alpha value is -2.29. The summed E-state index contributed by atoms with van der Waals surface area (Å²) in [4.78, 5) is 13.4. The average molecular weight is 437 g/mol. The number of nitrogens with two attached hydrogens (primary N) is 2. The Morgan fingerprint density at radius 3 is 1.91 bits per heavy atom. The van der Waals surface area contributed by atoms with Crippen molar-refractivity contribution >= 4 is 17.2 Å². The molecule has 0 bridgehead atoms. The molecule has 0 heterocycles. The summed E-state index contributed by atoms with van der Waals surface area (Å²) >= 11 is 0. The first-order chi connectivity index (χ1) is 15.5. The van der Waals surface area contributed by atoms with Crippen molar-refractivity contribution in [2.45, 2.75) is 103 Å². The minimum absolute atomic E-state index is 0.147. The smallest absolute Gasteiger partial charge is 0.170 e. The van der Waals surface area contributed by atoms with Gasteiger partial charge in [0.05, 0.1) is 0 Å². The summed E-state index contributed by atoms with van der Waals surface area (Å²) in [6.07, 6.45) is 16.7. The highest BCUT2D eigenvalue weighted by Gasteiger charge is 2.22. The van der Waals surface area contributed by atoms with Gasteiger partial charge in [-0.15, -0.1) is 0 Å². The van der Waals surface area contributed by atoms with Gasteiger partial charge in [0.2, 0.25) is 0 Å². The molecule has 2 rings (SSSR count). The second-order valence-corrected chi connectivity index (χ2v) is 9.40. The van der Waals surface area contributed by atoms with Gasteiger partial charge in [-0.1, -0.05) is 96.1 Å². The Labute approximate surface area is 196 Å². The molecule has 1 atom stereocenters. The van der Waals surface area contributed by atoms with E-state index in [1.807, 2.05) is 43.3 Å². The van der Waals surface area contributed by atoms with E-state index in [2.05, 4.69) is 6.92 Å². The van der Waals surface area contributed by atoms with Gasteiger partial charge >= 0.3 is 0 Å². The van der Waals surface area contributed by atoms with Crippen molar-refractivity contribution in [2.24, 2.45) is 0 Å². The summed E-state index contributed by atoms with van der Waals surface area (Å²) in [5, 5.41) is 0. The van der Waals surface area contributed by atoms with E-state index in [4.69, 9.17) is 11.5 Å². The van der Waals surface area contributed by atoms with Gasteiger partial charge in [-0.25, -0.2) is 0 Å². The minimum atomic E-state index is -0.164. The summed E-state index contributed by atoms with van der Waals surface area (Å²) in [5.74, 6) is -0.0168. The maximum atomic E-state index is 13.4. The Morgan fingerprint density at radius 2 is 1.34 bits per heavy atom. The number of benzene rings is 2. The lowest BCUT2D eigenvalue weighted by Gasteiger charge is -2.18. The fourth-order valence-corrected chi connectivity index (χ4v) is 4.57. The van der Waals surface area contributed by atoms with Gasteiger partial charge in [0.15, 0.2) is 5.78 Å². The first-order valence-electron chi connectivity index (χ1n) is 12.8. The molecule has 32 heavy (non-hydrogen) atoms. The largest absolute Gasteiger partial charge is 0.399 e. The number of rotatable bonds is 16. The Balaban J connectivity index is 1.81. The number of anilines is 2. The predicted molar refractivity (Wildman–Crippen MR) is 139 cm³/mol. The van der Waals surface area contributed by atoms with Crippen LogP contribution in [0.3, 0.4) is 0 Å². The van der Waals surface area contributed by atoms with Crippen molar-refractivity contribution in [1.82, 2.24) is 0 Å². The van der Waals surface area contributed by atoms with E-state index < -0.39 is 0 Å². The average Bonchev–Trinajstić information content (AvgIpc) is 2.76. The molecule has 2 aromatic carbocycles. The van der Waals surface area contributed by atoms with Crippen molar-refractivity contribution < 1.29 is 4.79 Å². The number of aryl methyl sites for hydroxylation is 1. The third kappa shape index (κ3) is 9.46. The molecule has 2 aromatic rings. The monoisotopic (exact) mass is 436 g/mol. The summed E-state index contributed by atoms with van der Waals surface area (Å²) in [5.41, 5.74) is 16.1. The van der Waals surface area contributed by atoms with Crippen LogP contribution in [0.1, 0.15) is 118 Å². The second kappa shape index (κ2) is 14.7. The zero-order valence-electron chi connectivity index (χ0n) is 20.4. The highest BCUT2D eigenvalue weighted by atomic mass is 16.1. The van der Waals surface area contributed by atoms with E-state index >= 15 is 0 Å². The highest BCUT2D eigenvalue weighted by molar-refractivity contribution is 6.01. The van der Waals surface area contributed by atoms with Crippen LogP contribution in [0.5, 0.6) is 0 Å². The molecule has 0 saturated heterocycles. The van der Waals surface area contributed by atoms with Gasteiger partial charge in [0.1, 0.15) is 0 Å². The van der Waals surface area contributed by atoms with Gasteiger partial charge in [-0.3, -0.25) is 4.79 Å². The molecule has 0 aliphatic rings. The first-order valence-corrected chi connectivity index (χ1v) is 12.8. The van der Waals surface area contributed by atoms with Crippen LogP contribution in [0.25, 0.3) is 0 Å². The van der Waals surface area contributed by atoms with Crippen LogP contribution >= 0.6 is 0 Å². The summed E-state index contributed by atoms with van der Waals surface area (Å²) in [6, 6.07) is 13.4. The van der Waals surface area contributed by atoms with Gasteiger partial charge in [0, 0.05) is 22.9 Å². The number of carbonyl (C=O) groups is 1. The maximum Gasteiger partial charge on any atom is 0.170 e. The lowest BCUT2D eigenvalue weighted by atomic mass is 9.85. The number of hydrogen-bond acceptors (Lipinski definition) is 3. The van der Waals surface area contributed by atoms with Crippen LogP contribution in [-0.2, 0) is 0 Å². The molecule has 0 fully saturated rings. The molecule has 0 aliphatic carbocycles. The molecule has 0 spiro atoms. The van der Waals surface area contributed by atoms with E-state index in [1.54, 1.807) is 6.07 Å². The first kappa shape index (κ1) is 26.0. The SMILES string of the molecule is CCCCCCCCCCCCCCC(C(=O)c1cc(C)cc(N)c1)c1cccc(N)c1. The fourth-order valence-electron chi connectivity index (χ4n) is 4.57. The molecular weight excluding hydrogens is 392 g/mol. The summed E-state index contributed by atoms with van der Waals surface area (Å²) in [7, 11) is 0. The number of Topliss-reactive ketones (excluding diaryl/α,β-unsaturated/α-hetero) is 1. The lowest BCUT2D eigenvalue weighted by Crippen LogP contribution is -2.14. The molecule has 3 nitrogen and oxygen atoms in total. The summed E-state index contributed by atoms with van der Waals surface area (Å²) in [6.45, 7) is 4.25. The number of hydrogen-bond donors (Lipinski definition) is 2. The van der Waals surface area contributed by atoms with Gasteiger partial charge in [-0.05, 0) is 54.8 Å². The maximum absolute atomic E-state index is 13.4. The Kier molecular flexibility index (Phi) is 11.9. The zero-order valence-corrected chi connectivity index (χ0v) is 20.4. The van der Waals surface area contributed by atoms with Crippen LogP contribution in [0.15, 0.2) is 42.5 Å². The Bertz CT molecular complexity index is 794. The topological polar surface area (TPSA) is 69.1 Å². The quantitative estimate of drug-likeness (QED) is 0.158. The molecule has 3 heteroatoms. The lowest BCUT2D eigenvalue weighted by molar-refractivity contribution is 0.0953. The van der Waals surface area contributed by atoms with Crippen molar-refractivity contribution in [2.75, 3.05) is 11.5 Å². The molecule has 0 radical (unpaired) electrons. The Morgan fingerprint density at radius 1 is 0.750 bits per heavy atom. The van der Waals surface area contributed by atoms with Gasteiger partial charge in [0.25, 0.3) is 0 Å². The minimum Gasteiger partial charge on any atom is -0.399 e. The van der Waals surface area contributed by atoms with E-state index in [0.717, 1.165) is 24.0 Å². The second-order valence-electron chi connectivity index (χ2n) is 9.40. The normalized spacial score (nSPS) is 12.1. The van der Waals surface area contributed by atoms with Crippen LogP contribution < -0.4 is 11.5 Å². The van der Waals surface area contributed by atoms with E-state index in [1.165, 1.54) is 70.6 Å². The highest BCUT2D eigenvalue weighted by Crippen LogP contribution is 2.29. The number of ketones is 1. The van der Waals surface area contributed by atoms with Crippen LogP contribution in [-0.4, -0.2) is 5.78 Å². The number of unbranched alkanes of at least 4 members (excludes halogenated alkanes) is 11. The van der Waals surface area contributed by atoms with Crippen molar-refractivity contribution in [3.05, 3.63) is 59.2 Å². The third-order valence-electron chi connectivity index (χ3n) is 6.36. The van der Waals surface area contributed by atoms with E-state index in [0.29, 0.717) is 16.9 Å². The summed E-state index contributed by atoms with van der Waals surface area (Å²) < 4.78 is 0. The van der Waals surface area contributed by atoms with Crippen molar-refractivity contribution in [3.8, 4) is 0 Å². The van der Waals surface area contributed by atoms with Gasteiger partial charge in [-0.2, -0.15) is 0 Å². The van der Waals surface area contributed by atoms with Crippen molar-refractivity contribution in [1.29, 1.82) is 0 Å². The van der Waals surface area contributed by atoms with Crippen LogP contribution in [0, 0.1) is 6.92 Å². The molecule has 176 valence electrons. The molecule has 0 amide bonds. The number of carbonyl (C=O) groups excluding carboxylic acids is 1. The van der Waals surface area contributed by atoms with Crippen molar-refractivity contribution in [3.63, 3.8) is 0 Å². The molecule has 0 saturated carbocycles. The third-order valence-corrected chi connectivity index (χ3v) is 6.36. The molecule has 0 aromatic heterocycles. The predicted octanol–water partition coefficient (Wildman–Crippen LogP) is 8.22. The van der Waals surface area contributed by atoms with Crippen LogP contribution in [0.2, 0.25) is 0 Å². The standard InChI is InChI=1S/C29H44N2O/c1-3-4-5-6-7-8-9-10-11-12-13-14-18-28(24-16-15-17-26(30)21-24)29(32)25-19-23(2)20-27(31)22-25/h15-17,19-22,28H,3-14,18,30-31H2,1-2H3. The van der Waals surface area contributed by atoms with E-state index in [-0.39, 0.29) is 11.7 Å². The molecule has 4 N–H and O–H groups in total. The molecule has 1 unspecified atom stereocenters. The number of nitrogen functional groups attached to an aromatic ring is 2. The zero-order chi connectivity index (χ0) is 23.2. The van der Waals surface area contributed by atoms with Crippen LogP contribution in [0.4, 0.5) is 11.4 Å².